The van der Waals surface area contributed by atoms with Gasteiger partial charge in [-0.15, -0.1) is 0 Å². The monoisotopic (exact) mass is 453 g/mol. The van der Waals surface area contributed by atoms with Crippen molar-refractivity contribution < 1.29 is 18.7 Å². The highest BCUT2D eigenvalue weighted by Crippen LogP contribution is 2.34. The second-order valence-corrected chi connectivity index (χ2v) is 7.86. The van der Waals surface area contributed by atoms with Crippen LogP contribution >= 0.6 is 11.6 Å². The molecule has 0 spiro atoms. The molecule has 3 aromatic rings. The molecule has 166 valence electrons. The highest BCUT2D eigenvalue weighted by atomic mass is 35.5. The summed E-state index contributed by atoms with van der Waals surface area (Å²) in [6.07, 6.45) is 2.16. The summed E-state index contributed by atoms with van der Waals surface area (Å²) in [5.74, 6) is 1.78. The molecule has 1 aromatic heterocycles. The van der Waals surface area contributed by atoms with Gasteiger partial charge in [0.25, 0.3) is 5.91 Å². The van der Waals surface area contributed by atoms with Crippen LogP contribution in [0.1, 0.15) is 23.8 Å². The van der Waals surface area contributed by atoms with Crippen molar-refractivity contribution in [1.82, 2.24) is 5.01 Å². The Morgan fingerprint density at radius 1 is 1.16 bits per heavy atom. The lowest BCUT2D eigenvalue weighted by Crippen LogP contribution is -2.36. The van der Waals surface area contributed by atoms with E-state index in [-0.39, 0.29) is 18.5 Å². The lowest BCUT2D eigenvalue weighted by Gasteiger charge is -2.25. The number of rotatable bonds is 7. The van der Waals surface area contributed by atoms with Crippen LogP contribution in [0.25, 0.3) is 0 Å². The molecule has 2 heterocycles. The summed E-state index contributed by atoms with van der Waals surface area (Å²) in [6, 6.07) is 16.3. The molecule has 32 heavy (non-hydrogen) atoms. The van der Waals surface area contributed by atoms with Crippen molar-refractivity contribution in [3.63, 3.8) is 0 Å². The summed E-state index contributed by atoms with van der Waals surface area (Å²) in [6.45, 7) is 0.129. The molecule has 4 rings (SSSR count). The SMILES string of the molecule is COc1ccc(N(C)CC(=O)N2N=C(c3ccc(Cl)cc3)CC2c2ccco2)cc1OC. The summed E-state index contributed by atoms with van der Waals surface area (Å²) in [7, 11) is 5.02. The second-order valence-electron chi connectivity index (χ2n) is 7.42. The number of carbonyl (C=O) groups is 1. The minimum absolute atomic E-state index is 0.129. The standard InChI is InChI=1S/C24H24ClN3O4/c1-27(18-10-11-22(30-2)23(13-18)31-3)15-24(29)28-20(21-5-4-12-32-21)14-19(26-28)16-6-8-17(25)9-7-16/h4-13,20H,14-15H2,1-3H3. The van der Waals surface area contributed by atoms with Gasteiger partial charge in [-0.1, -0.05) is 23.7 Å². The number of amides is 1. The van der Waals surface area contributed by atoms with E-state index in [1.165, 1.54) is 5.01 Å². The van der Waals surface area contributed by atoms with Crippen LogP contribution in [-0.4, -0.2) is 44.4 Å². The van der Waals surface area contributed by atoms with Crippen LogP contribution in [0.5, 0.6) is 11.5 Å². The number of nitrogens with zero attached hydrogens (tertiary/aromatic N) is 3. The second kappa shape index (κ2) is 9.36. The zero-order chi connectivity index (χ0) is 22.7. The lowest BCUT2D eigenvalue weighted by atomic mass is 10.0. The van der Waals surface area contributed by atoms with Crippen LogP contribution < -0.4 is 14.4 Å². The van der Waals surface area contributed by atoms with E-state index in [0.29, 0.717) is 28.7 Å². The van der Waals surface area contributed by atoms with E-state index in [4.69, 9.17) is 25.5 Å². The van der Waals surface area contributed by atoms with Gasteiger partial charge in [-0.2, -0.15) is 5.10 Å². The molecule has 0 radical (unpaired) electrons. The first-order valence-electron chi connectivity index (χ1n) is 10.1. The molecule has 7 nitrogen and oxygen atoms in total. The van der Waals surface area contributed by atoms with Gasteiger partial charge in [-0.25, -0.2) is 5.01 Å². The minimum atomic E-state index is -0.304. The van der Waals surface area contributed by atoms with E-state index in [1.54, 1.807) is 20.5 Å². The molecule has 1 unspecified atom stereocenters. The Kier molecular flexibility index (Phi) is 6.37. The number of hydrogen-bond donors (Lipinski definition) is 0. The largest absolute Gasteiger partial charge is 0.493 e. The highest BCUT2D eigenvalue weighted by Gasteiger charge is 2.35. The van der Waals surface area contributed by atoms with Gasteiger partial charge in [0.1, 0.15) is 11.8 Å². The molecule has 0 fully saturated rings. The lowest BCUT2D eigenvalue weighted by molar-refractivity contribution is -0.131. The number of benzene rings is 2. The van der Waals surface area contributed by atoms with Gasteiger partial charge in [0.05, 0.1) is 32.7 Å². The average Bonchev–Trinajstić information content (AvgIpc) is 3.49. The summed E-state index contributed by atoms with van der Waals surface area (Å²) >= 11 is 6.02. The molecule has 0 N–H and O–H groups in total. The number of hydrazone groups is 1. The van der Waals surface area contributed by atoms with Crippen LogP contribution in [0.4, 0.5) is 5.69 Å². The number of carbonyl (C=O) groups excluding carboxylic acids is 1. The van der Waals surface area contributed by atoms with E-state index in [2.05, 4.69) is 5.10 Å². The molecule has 8 heteroatoms. The Labute approximate surface area is 191 Å². The first-order valence-corrected chi connectivity index (χ1v) is 10.5. The first kappa shape index (κ1) is 21.8. The van der Waals surface area contributed by atoms with Crippen molar-refractivity contribution in [1.29, 1.82) is 0 Å². The number of anilines is 1. The van der Waals surface area contributed by atoms with Crippen LogP contribution in [0, 0.1) is 0 Å². The smallest absolute Gasteiger partial charge is 0.262 e. The van der Waals surface area contributed by atoms with Crippen molar-refractivity contribution in [2.45, 2.75) is 12.5 Å². The summed E-state index contributed by atoms with van der Waals surface area (Å²) in [5, 5.41) is 6.83. The van der Waals surface area contributed by atoms with Crippen molar-refractivity contribution in [3.8, 4) is 11.5 Å². The normalized spacial score (nSPS) is 15.4. The van der Waals surface area contributed by atoms with E-state index in [9.17, 15) is 4.79 Å². The van der Waals surface area contributed by atoms with Gasteiger partial charge in [0.2, 0.25) is 0 Å². The fourth-order valence-corrected chi connectivity index (χ4v) is 3.81. The topological polar surface area (TPSA) is 67.5 Å². The fraction of sp³-hybridized carbons (Fsp3) is 0.250. The third-order valence-corrected chi connectivity index (χ3v) is 5.65. The predicted octanol–water partition coefficient (Wildman–Crippen LogP) is 4.76. The van der Waals surface area contributed by atoms with Crippen molar-refractivity contribution in [3.05, 3.63) is 77.2 Å². The molecule has 1 amide bonds. The molecule has 0 aliphatic carbocycles. The molecule has 2 aromatic carbocycles. The van der Waals surface area contributed by atoms with Crippen molar-refractivity contribution >= 4 is 28.9 Å². The maximum absolute atomic E-state index is 13.3. The van der Waals surface area contributed by atoms with Crippen molar-refractivity contribution in [2.75, 3.05) is 32.7 Å². The summed E-state index contributed by atoms with van der Waals surface area (Å²) < 4.78 is 16.3. The number of likely N-dealkylation sites (N-methyl/N-ethyl adjacent to an activating group) is 1. The Morgan fingerprint density at radius 2 is 1.91 bits per heavy atom. The fourth-order valence-electron chi connectivity index (χ4n) is 3.69. The number of hydrogen-bond acceptors (Lipinski definition) is 6. The molecular weight excluding hydrogens is 430 g/mol. The highest BCUT2D eigenvalue weighted by molar-refractivity contribution is 6.30. The van der Waals surface area contributed by atoms with Gasteiger partial charge >= 0.3 is 0 Å². The molecule has 1 aliphatic heterocycles. The van der Waals surface area contributed by atoms with Crippen molar-refractivity contribution in [2.24, 2.45) is 5.10 Å². The maximum atomic E-state index is 13.3. The van der Waals surface area contributed by atoms with E-state index in [1.807, 2.05) is 66.5 Å². The molecule has 0 bridgehead atoms. The van der Waals surface area contributed by atoms with Gasteiger partial charge < -0.3 is 18.8 Å². The number of halogens is 1. The van der Waals surface area contributed by atoms with E-state index >= 15 is 0 Å². The van der Waals surface area contributed by atoms with Gasteiger partial charge in [0, 0.05) is 30.2 Å². The van der Waals surface area contributed by atoms with Crippen LogP contribution in [-0.2, 0) is 4.79 Å². The molecule has 0 saturated heterocycles. The zero-order valence-electron chi connectivity index (χ0n) is 18.1. The average molecular weight is 454 g/mol. The number of ether oxygens (including phenoxy) is 2. The minimum Gasteiger partial charge on any atom is -0.493 e. The van der Waals surface area contributed by atoms with Gasteiger partial charge in [-0.3, -0.25) is 4.79 Å². The Morgan fingerprint density at radius 3 is 2.56 bits per heavy atom. The summed E-state index contributed by atoms with van der Waals surface area (Å²) in [4.78, 5) is 15.1. The van der Waals surface area contributed by atoms with Crippen LogP contribution in [0.15, 0.2) is 70.4 Å². The molecular formula is C24H24ClN3O4. The molecule has 1 aliphatic rings. The maximum Gasteiger partial charge on any atom is 0.262 e. The van der Waals surface area contributed by atoms with Gasteiger partial charge in [0.15, 0.2) is 11.5 Å². The van der Waals surface area contributed by atoms with Gasteiger partial charge in [-0.05, 0) is 42.0 Å². The Balaban J connectivity index is 1.57. The Bertz CT molecular complexity index is 1110. The third-order valence-electron chi connectivity index (χ3n) is 5.40. The number of furan rings is 1. The molecule has 0 saturated carbocycles. The van der Waals surface area contributed by atoms with E-state index in [0.717, 1.165) is 17.0 Å². The van der Waals surface area contributed by atoms with Crippen LogP contribution in [0.2, 0.25) is 5.02 Å². The third kappa shape index (κ3) is 4.43. The predicted molar refractivity (Wildman–Crippen MR) is 124 cm³/mol. The van der Waals surface area contributed by atoms with Crippen LogP contribution in [0.3, 0.4) is 0 Å². The molecule has 1 atom stereocenters. The van der Waals surface area contributed by atoms with E-state index < -0.39 is 0 Å². The number of methoxy groups -OCH3 is 2. The zero-order valence-corrected chi connectivity index (χ0v) is 18.9. The Hall–Kier alpha value is -3.45. The first-order chi connectivity index (χ1) is 15.5. The quantitative estimate of drug-likeness (QED) is 0.515. The summed E-state index contributed by atoms with van der Waals surface area (Å²) in [5.41, 5.74) is 2.56.